The Balaban J connectivity index is 1.58. The molecule has 0 amide bonds. The van der Waals surface area contributed by atoms with E-state index in [1.165, 1.54) is 25.7 Å². The minimum absolute atomic E-state index is 0.192. The number of hydrogen-bond acceptors (Lipinski definition) is 8. The van der Waals surface area contributed by atoms with Gasteiger partial charge in [-0.05, 0) is 44.6 Å². The van der Waals surface area contributed by atoms with Crippen LogP contribution in [0.2, 0.25) is 0 Å². The molecule has 37 heavy (non-hydrogen) atoms. The van der Waals surface area contributed by atoms with Gasteiger partial charge in [0.2, 0.25) is 17.6 Å². The molecular weight excluding hydrogens is 470 g/mol. The predicted octanol–water partition coefficient (Wildman–Crippen LogP) is 4.20. The Bertz CT molecular complexity index is 1460. The summed E-state index contributed by atoms with van der Waals surface area (Å²) in [5.41, 5.74) is 4.38. The van der Waals surface area contributed by atoms with Crippen LogP contribution in [-0.4, -0.2) is 55.5 Å². The molecule has 0 bridgehead atoms. The highest BCUT2D eigenvalue weighted by atomic mass is 16.5. The van der Waals surface area contributed by atoms with Gasteiger partial charge in [-0.15, -0.1) is 0 Å². The topological polar surface area (TPSA) is 115 Å². The average Bonchev–Trinajstić information content (AvgIpc) is 3.49. The molecule has 1 atom stereocenters. The molecule has 0 radical (unpaired) electrons. The number of ether oxygens (including phenoxy) is 1. The van der Waals surface area contributed by atoms with E-state index in [1.807, 2.05) is 6.07 Å². The van der Waals surface area contributed by atoms with Gasteiger partial charge in [-0.25, -0.2) is 14.8 Å². The van der Waals surface area contributed by atoms with Gasteiger partial charge in [0.1, 0.15) is 11.2 Å². The van der Waals surface area contributed by atoms with Crippen molar-refractivity contribution in [2.24, 2.45) is 11.8 Å². The van der Waals surface area contributed by atoms with Crippen LogP contribution in [0.5, 0.6) is 0 Å². The number of morpholine rings is 1. The van der Waals surface area contributed by atoms with Crippen LogP contribution < -0.4 is 10.7 Å². The number of fused-ring (bicyclic) bond motifs is 1. The van der Waals surface area contributed by atoms with Crippen LogP contribution in [-0.2, 0) is 11.3 Å². The number of hydrogen-bond donors (Lipinski definition) is 1. The fourth-order valence-electron chi connectivity index (χ4n) is 5.64. The van der Waals surface area contributed by atoms with Gasteiger partial charge in [0.25, 0.3) is 0 Å². The molecule has 10 heteroatoms. The van der Waals surface area contributed by atoms with Crippen LogP contribution in [0.4, 0.5) is 5.95 Å². The van der Waals surface area contributed by atoms with E-state index in [1.54, 1.807) is 0 Å². The number of imidazole rings is 1. The van der Waals surface area contributed by atoms with Crippen molar-refractivity contribution < 1.29 is 9.26 Å². The molecule has 10 nitrogen and oxygen atoms in total. The normalized spacial score (nSPS) is 22.6. The minimum atomic E-state index is -0.643. The molecule has 2 aliphatic rings. The summed E-state index contributed by atoms with van der Waals surface area (Å²) in [5, 5.41) is 3.85. The van der Waals surface area contributed by atoms with Gasteiger partial charge >= 0.3 is 5.76 Å². The Kier molecular flexibility index (Phi) is 6.27. The average molecular weight is 504 g/mol. The highest BCUT2D eigenvalue weighted by Gasteiger charge is 2.30. The number of aryl methyl sites for hydroxylation is 1. The van der Waals surface area contributed by atoms with E-state index < -0.39 is 5.76 Å². The molecule has 4 heterocycles. The first-order valence-electron chi connectivity index (χ1n) is 13.2. The first-order valence-corrected chi connectivity index (χ1v) is 13.2. The van der Waals surface area contributed by atoms with E-state index in [0.29, 0.717) is 24.8 Å². The zero-order valence-electron chi connectivity index (χ0n) is 21.6. The van der Waals surface area contributed by atoms with Crippen molar-refractivity contribution >= 4 is 17.1 Å². The fourth-order valence-corrected chi connectivity index (χ4v) is 5.64. The quantitative estimate of drug-likeness (QED) is 0.431. The standard InChI is InChI=1S/C27H33N7O3/c1-16-7-9-19(10-8-16)14-34-22-21(20-6-4-5-17(2)13-20)28-24(25-31-27(35)37-32-25)29-23(22)30-26(34)33-11-12-36-15-18(33)3/h4-6,13,16,18-19H,7-12,14-15H2,1-3H3,(H,31,32,35)/t16-,18-,19-/m1/s1. The van der Waals surface area contributed by atoms with E-state index in [0.717, 1.165) is 47.3 Å². The van der Waals surface area contributed by atoms with Crippen molar-refractivity contribution in [2.75, 3.05) is 24.7 Å². The Morgan fingerprint density at radius 1 is 1.11 bits per heavy atom. The zero-order chi connectivity index (χ0) is 25.5. The highest BCUT2D eigenvalue weighted by Crippen LogP contribution is 2.36. The Morgan fingerprint density at radius 3 is 2.68 bits per heavy atom. The second-order valence-electron chi connectivity index (χ2n) is 10.6. The van der Waals surface area contributed by atoms with Crippen molar-refractivity contribution in [3.8, 4) is 22.9 Å². The smallest absolute Gasteiger partial charge is 0.377 e. The summed E-state index contributed by atoms with van der Waals surface area (Å²) < 4.78 is 12.8. The number of aromatic amines is 1. The van der Waals surface area contributed by atoms with E-state index >= 15 is 0 Å². The summed E-state index contributed by atoms with van der Waals surface area (Å²) in [6.45, 7) is 9.54. The predicted molar refractivity (Wildman–Crippen MR) is 140 cm³/mol. The number of benzene rings is 1. The maximum absolute atomic E-state index is 11.7. The van der Waals surface area contributed by atoms with Gasteiger partial charge in [0.05, 0.1) is 19.3 Å². The summed E-state index contributed by atoms with van der Waals surface area (Å²) in [5.74, 6) is 2.09. The van der Waals surface area contributed by atoms with Crippen LogP contribution in [0.15, 0.2) is 33.6 Å². The first-order chi connectivity index (χ1) is 18.0. The number of nitrogens with zero attached hydrogens (tertiary/aromatic N) is 6. The molecular formula is C27H33N7O3. The third-order valence-corrected chi connectivity index (χ3v) is 7.73. The molecule has 0 unspecified atom stereocenters. The second kappa shape index (κ2) is 9.74. The first kappa shape index (κ1) is 23.8. The molecule has 1 saturated heterocycles. The van der Waals surface area contributed by atoms with Gasteiger partial charge < -0.3 is 14.2 Å². The number of H-pyrrole nitrogens is 1. The monoisotopic (exact) mass is 503 g/mol. The fraction of sp³-hybridized carbons (Fsp3) is 0.519. The molecule has 1 aromatic carbocycles. The van der Waals surface area contributed by atoms with Gasteiger partial charge in [0.15, 0.2) is 5.65 Å². The Labute approximate surface area is 215 Å². The zero-order valence-corrected chi connectivity index (χ0v) is 21.6. The van der Waals surface area contributed by atoms with Gasteiger partial charge in [-0.1, -0.05) is 48.7 Å². The molecule has 2 fully saturated rings. The molecule has 3 aromatic heterocycles. The summed E-state index contributed by atoms with van der Waals surface area (Å²) in [6, 6.07) is 8.47. The molecule has 194 valence electrons. The maximum atomic E-state index is 11.7. The molecule has 1 aliphatic carbocycles. The van der Waals surface area contributed by atoms with Crippen LogP contribution in [0.1, 0.15) is 45.1 Å². The lowest BCUT2D eigenvalue weighted by Gasteiger charge is -2.35. The summed E-state index contributed by atoms with van der Waals surface area (Å²) in [6.07, 6.45) is 4.92. The van der Waals surface area contributed by atoms with Crippen molar-refractivity contribution in [3.05, 3.63) is 40.4 Å². The molecule has 1 N–H and O–H groups in total. The van der Waals surface area contributed by atoms with Gasteiger partial charge in [0, 0.05) is 18.7 Å². The number of nitrogens with one attached hydrogen (secondary N) is 1. The lowest BCUT2D eigenvalue weighted by molar-refractivity contribution is 0.0976. The van der Waals surface area contributed by atoms with E-state index in [-0.39, 0.29) is 17.7 Å². The van der Waals surface area contributed by atoms with E-state index in [9.17, 15) is 4.79 Å². The lowest BCUT2D eigenvalue weighted by Crippen LogP contribution is -2.45. The van der Waals surface area contributed by atoms with Crippen LogP contribution in [0.25, 0.3) is 34.1 Å². The molecule has 1 aliphatic heterocycles. The van der Waals surface area contributed by atoms with Crippen LogP contribution in [0, 0.1) is 18.8 Å². The van der Waals surface area contributed by atoms with Crippen LogP contribution in [0.3, 0.4) is 0 Å². The third-order valence-electron chi connectivity index (χ3n) is 7.73. The Hall–Kier alpha value is -3.53. The SMILES string of the molecule is Cc1cccc(-c2nc(-c3noc(=O)[nH]3)nc3nc(N4CCOC[C@H]4C)n(C[C@H]4CC[C@H](C)CC4)c23)c1. The minimum Gasteiger partial charge on any atom is -0.377 e. The van der Waals surface area contributed by atoms with Gasteiger partial charge in [-0.3, -0.25) is 9.51 Å². The lowest BCUT2D eigenvalue weighted by atomic mass is 9.83. The summed E-state index contributed by atoms with van der Waals surface area (Å²) in [7, 11) is 0. The number of aromatic nitrogens is 6. The van der Waals surface area contributed by atoms with E-state index in [4.69, 9.17) is 24.2 Å². The highest BCUT2D eigenvalue weighted by molar-refractivity contribution is 5.91. The van der Waals surface area contributed by atoms with Crippen molar-refractivity contribution in [1.82, 2.24) is 29.7 Å². The van der Waals surface area contributed by atoms with Crippen molar-refractivity contribution in [3.63, 3.8) is 0 Å². The maximum Gasteiger partial charge on any atom is 0.439 e. The number of anilines is 1. The molecule has 0 spiro atoms. The number of rotatable bonds is 5. The van der Waals surface area contributed by atoms with E-state index in [2.05, 4.69) is 58.6 Å². The van der Waals surface area contributed by atoms with Crippen molar-refractivity contribution in [2.45, 2.75) is 59.0 Å². The Morgan fingerprint density at radius 2 is 1.95 bits per heavy atom. The molecule has 4 aromatic rings. The van der Waals surface area contributed by atoms with Crippen LogP contribution >= 0.6 is 0 Å². The summed E-state index contributed by atoms with van der Waals surface area (Å²) >= 11 is 0. The van der Waals surface area contributed by atoms with Gasteiger partial charge in [-0.2, -0.15) is 4.98 Å². The third kappa shape index (κ3) is 4.66. The largest absolute Gasteiger partial charge is 0.439 e. The summed E-state index contributed by atoms with van der Waals surface area (Å²) in [4.78, 5) is 31.4. The molecule has 6 rings (SSSR count). The molecule has 1 saturated carbocycles. The second-order valence-corrected chi connectivity index (χ2v) is 10.6. The van der Waals surface area contributed by atoms with Crippen molar-refractivity contribution in [1.29, 1.82) is 0 Å².